The fourth-order valence-corrected chi connectivity index (χ4v) is 6.43. The molecule has 1 fully saturated rings. The molecule has 1 heterocycles. The highest BCUT2D eigenvalue weighted by Gasteiger charge is 2.31. The second kappa shape index (κ2) is 26.2. The molecule has 380 valence electrons. The molecule has 1 saturated heterocycles. The average Bonchev–Trinajstić information content (AvgIpc) is 3.08. The first-order chi connectivity index (χ1) is 30.0. The molecule has 1 rings (SSSR count). The minimum atomic E-state index is -1.52. The Kier molecular flexibility index (Phi) is 23.7. The van der Waals surface area contributed by atoms with Gasteiger partial charge in [0.2, 0.25) is 11.8 Å². The van der Waals surface area contributed by atoms with Crippen LogP contribution in [0.25, 0.3) is 0 Å². The maximum absolute atomic E-state index is 14.0. The summed E-state index contributed by atoms with van der Waals surface area (Å²) in [5, 5.41) is 15.0. The lowest BCUT2D eigenvalue weighted by molar-refractivity contribution is -0.158. The van der Waals surface area contributed by atoms with E-state index in [1.165, 1.54) is 0 Å². The molecule has 0 aromatic heterocycles. The highest BCUT2D eigenvalue weighted by atomic mass is 16.6. The second-order valence-electron chi connectivity index (χ2n) is 21.6. The largest absolute Gasteiger partial charge is 0.480 e. The summed E-state index contributed by atoms with van der Waals surface area (Å²) in [6.45, 7) is 27.8. The van der Waals surface area contributed by atoms with Gasteiger partial charge in [-0.15, -0.1) is 0 Å². The van der Waals surface area contributed by atoms with Crippen LogP contribution in [0.5, 0.6) is 0 Å². The molecule has 2 amide bonds. The van der Waals surface area contributed by atoms with Gasteiger partial charge in [-0.1, -0.05) is 0 Å². The Hall–Kier alpha value is -4.40. The van der Waals surface area contributed by atoms with Crippen molar-refractivity contribution < 1.29 is 67.1 Å². The molecule has 0 radical (unpaired) electrons. The van der Waals surface area contributed by atoms with Crippen LogP contribution in [0.15, 0.2) is 0 Å². The third-order valence-electron chi connectivity index (χ3n) is 9.00. The molecule has 1 unspecified atom stereocenters. The molecular weight excluding hydrogens is 861 g/mol. The predicted molar refractivity (Wildman–Crippen MR) is 245 cm³/mol. The first-order valence-corrected chi connectivity index (χ1v) is 22.8. The Morgan fingerprint density at radius 1 is 0.409 bits per heavy atom. The Morgan fingerprint density at radius 3 is 0.939 bits per heavy atom. The van der Waals surface area contributed by atoms with E-state index >= 15 is 0 Å². The number of esters is 5. The van der Waals surface area contributed by atoms with E-state index in [4.69, 9.17) is 23.7 Å². The van der Waals surface area contributed by atoms with Crippen LogP contribution < -0.4 is 10.6 Å². The summed E-state index contributed by atoms with van der Waals surface area (Å²) in [7, 11) is 0. The van der Waals surface area contributed by atoms with E-state index in [-0.39, 0.29) is 78.0 Å². The monoisotopic (exact) mass is 943 g/mol. The van der Waals surface area contributed by atoms with Crippen LogP contribution in [-0.2, 0) is 62.0 Å². The number of nitrogens with one attached hydrogen (secondary N) is 2. The standard InChI is InChI=1S/C46H82N6O14/c1-42(2,3)62-35(54)18-16-32(40(59)48-33(41(60)61)17-19-36(55)63-43(4,5)6)47-34(53)28-49-20-22-50(29-37(56)64-44(7,8)9)24-26-52(31-39(58)66-46(13,14)15)27-25-51(23-21-49)30-38(57)65-45(10,11)12/h32-33H,16-31H2,1-15H3,(H,47,53)(H,48,59)(H,60,61)/t32?,33-/m0/s1. The molecule has 0 aromatic carbocycles. The van der Waals surface area contributed by atoms with Crippen molar-refractivity contribution in [1.82, 2.24) is 30.2 Å². The molecule has 66 heavy (non-hydrogen) atoms. The Labute approximate surface area is 392 Å². The van der Waals surface area contributed by atoms with Gasteiger partial charge in [0.25, 0.3) is 0 Å². The van der Waals surface area contributed by atoms with Crippen molar-refractivity contribution in [3.8, 4) is 0 Å². The maximum Gasteiger partial charge on any atom is 0.326 e. The summed E-state index contributed by atoms with van der Waals surface area (Å²) in [6.07, 6.45) is -1.14. The number of aliphatic carboxylic acids is 1. The molecule has 0 spiro atoms. The summed E-state index contributed by atoms with van der Waals surface area (Å²) < 4.78 is 27.6. The van der Waals surface area contributed by atoms with Crippen molar-refractivity contribution in [3.05, 3.63) is 0 Å². The van der Waals surface area contributed by atoms with Gasteiger partial charge in [0, 0.05) is 65.2 Å². The first-order valence-electron chi connectivity index (χ1n) is 22.8. The van der Waals surface area contributed by atoms with E-state index in [0.717, 1.165) is 0 Å². The van der Waals surface area contributed by atoms with E-state index in [0.29, 0.717) is 26.2 Å². The van der Waals surface area contributed by atoms with E-state index < -0.39 is 87.7 Å². The van der Waals surface area contributed by atoms with E-state index in [9.17, 15) is 43.5 Å². The van der Waals surface area contributed by atoms with Crippen molar-refractivity contribution in [2.75, 3.05) is 78.5 Å². The normalized spacial score (nSPS) is 16.9. The second-order valence-corrected chi connectivity index (χ2v) is 21.6. The number of hydrogen-bond donors (Lipinski definition) is 3. The number of carbonyl (C=O) groups excluding carboxylic acids is 7. The Balaban J connectivity index is 3.51. The van der Waals surface area contributed by atoms with Gasteiger partial charge >= 0.3 is 35.8 Å². The lowest BCUT2D eigenvalue weighted by Crippen LogP contribution is -2.54. The molecule has 0 aliphatic carbocycles. The number of nitrogens with zero attached hydrogens (tertiary/aromatic N) is 4. The number of carboxylic acid groups (broad SMARTS) is 1. The van der Waals surface area contributed by atoms with E-state index in [1.807, 2.05) is 14.7 Å². The van der Waals surface area contributed by atoms with Gasteiger partial charge in [-0.05, 0) is 117 Å². The van der Waals surface area contributed by atoms with E-state index in [2.05, 4.69) is 10.6 Å². The molecule has 20 nitrogen and oxygen atoms in total. The summed E-state index contributed by atoms with van der Waals surface area (Å²) >= 11 is 0. The number of hydrogen-bond acceptors (Lipinski definition) is 17. The van der Waals surface area contributed by atoms with Crippen LogP contribution in [0.1, 0.15) is 130 Å². The molecule has 1 aliphatic rings. The molecule has 0 bridgehead atoms. The minimum Gasteiger partial charge on any atom is -0.480 e. The van der Waals surface area contributed by atoms with Gasteiger partial charge in [0.15, 0.2) is 0 Å². The lowest BCUT2D eigenvalue weighted by atomic mass is 10.1. The van der Waals surface area contributed by atoms with Crippen molar-refractivity contribution in [2.24, 2.45) is 0 Å². The highest BCUT2D eigenvalue weighted by molar-refractivity contribution is 5.91. The Morgan fingerprint density at radius 2 is 0.667 bits per heavy atom. The van der Waals surface area contributed by atoms with Crippen LogP contribution >= 0.6 is 0 Å². The molecule has 20 heteroatoms. The number of carboxylic acids is 1. The van der Waals surface area contributed by atoms with Crippen LogP contribution in [-0.4, -0.2) is 191 Å². The van der Waals surface area contributed by atoms with E-state index in [1.54, 1.807) is 109 Å². The lowest BCUT2D eigenvalue weighted by Gasteiger charge is -2.34. The summed E-state index contributed by atoms with van der Waals surface area (Å²) in [5.41, 5.74) is -3.85. The Bertz CT molecular complexity index is 1590. The fourth-order valence-electron chi connectivity index (χ4n) is 6.43. The number of ether oxygens (including phenoxy) is 5. The summed E-state index contributed by atoms with van der Waals surface area (Å²) in [5.74, 6) is -5.59. The van der Waals surface area contributed by atoms with Crippen molar-refractivity contribution >= 4 is 47.6 Å². The van der Waals surface area contributed by atoms with Crippen LogP contribution in [0.3, 0.4) is 0 Å². The van der Waals surface area contributed by atoms with Crippen molar-refractivity contribution in [2.45, 2.75) is 170 Å². The molecule has 2 atom stereocenters. The van der Waals surface area contributed by atoms with Gasteiger partial charge in [0.1, 0.15) is 40.1 Å². The highest BCUT2D eigenvalue weighted by Crippen LogP contribution is 2.15. The zero-order chi connectivity index (χ0) is 50.8. The molecule has 1 aliphatic heterocycles. The predicted octanol–water partition coefficient (Wildman–Crippen LogP) is 2.53. The van der Waals surface area contributed by atoms with Gasteiger partial charge < -0.3 is 39.4 Å². The topological polar surface area (TPSA) is 240 Å². The SMILES string of the molecule is CC(C)(C)OC(=O)CCC(NC(=O)CN1CCN(CC(=O)OC(C)(C)C)CCN(CC(=O)OC(C)(C)C)CCN(CC(=O)OC(C)(C)C)CC1)C(=O)N[C@@H](CCC(=O)OC(C)(C)C)C(=O)O. The molecular formula is C46H82N6O14. The van der Waals surface area contributed by atoms with Crippen LogP contribution in [0.2, 0.25) is 0 Å². The van der Waals surface area contributed by atoms with Gasteiger partial charge in [-0.25, -0.2) is 4.79 Å². The minimum absolute atomic E-state index is 0.0380. The summed E-state index contributed by atoms with van der Waals surface area (Å²) in [6, 6.07) is -2.91. The zero-order valence-corrected chi connectivity index (χ0v) is 42.5. The van der Waals surface area contributed by atoms with Crippen LogP contribution in [0.4, 0.5) is 0 Å². The molecule has 0 aromatic rings. The third kappa shape index (κ3) is 30.0. The molecule has 0 saturated carbocycles. The van der Waals surface area contributed by atoms with Gasteiger partial charge in [-0.3, -0.25) is 53.2 Å². The van der Waals surface area contributed by atoms with Crippen molar-refractivity contribution in [1.29, 1.82) is 0 Å². The quantitative estimate of drug-likeness (QED) is 0.132. The third-order valence-corrected chi connectivity index (χ3v) is 9.00. The smallest absolute Gasteiger partial charge is 0.326 e. The van der Waals surface area contributed by atoms with Gasteiger partial charge in [0.05, 0.1) is 26.2 Å². The maximum atomic E-state index is 14.0. The first kappa shape index (κ1) is 59.6. The fraction of sp³-hybridized carbons (Fsp3) is 0.826. The molecule has 3 N–H and O–H groups in total. The summed E-state index contributed by atoms with van der Waals surface area (Å²) in [4.78, 5) is 112. The van der Waals surface area contributed by atoms with Gasteiger partial charge in [-0.2, -0.15) is 0 Å². The number of carbonyl (C=O) groups is 8. The van der Waals surface area contributed by atoms with Crippen molar-refractivity contribution in [3.63, 3.8) is 0 Å². The average molecular weight is 943 g/mol. The van der Waals surface area contributed by atoms with Crippen LogP contribution in [0, 0.1) is 0 Å². The zero-order valence-electron chi connectivity index (χ0n) is 42.5. The number of rotatable bonds is 18. The number of amides is 2.